The summed E-state index contributed by atoms with van der Waals surface area (Å²) in [7, 11) is 0. The monoisotopic (exact) mass is 381 g/mol. The van der Waals surface area contributed by atoms with Crippen molar-refractivity contribution in [3.63, 3.8) is 0 Å². The van der Waals surface area contributed by atoms with E-state index in [2.05, 4.69) is 36.1 Å². The van der Waals surface area contributed by atoms with Gasteiger partial charge >= 0.3 is 0 Å². The van der Waals surface area contributed by atoms with Crippen LogP contribution in [0.3, 0.4) is 0 Å². The number of fused-ring (bicyclic) bond motifs is 3. The van der Waals surface area contributed by atoms with Crippen molar-refractivity contribution < 1.29 is 4.74 Å². The molecule has 142 valence electrons. The maximum atomic E-state index is 5.53. The topological polar surface area (TPSA) is 47.0 Å². The van der Waals surface area contributed by atoms with E-state index in [0.717, 1.165) is 40.8 Å². The molecule has 0 radical (unpaired) electrons. The maximum Gasteiger partial charge on any atom is 0.142 e. The number of ether oxygens (including phenoxy) is 1. The van der Waals surface area contributed by atoms with Gasteiger partial charge in [0.15, 0.2) is 0 Å². The van der Waals surface area contributed by atoms with Crippen molar-refractivity contribution in [2.75, 3.05) is 11.9 Å². The van der Waals surface area contributed by atoms with Gasteiger partial charge in [0.25, 0.3) is 0 Å². The summed E-state index contributed by atoms with van der Waals surface area (Å²) in [6.45, 7) is 9.74. The summed E-state index contributed by atoms with van der Waals surface area (Å²) in [6.07, 6.45) is 5.17. The summed E-state index contributed by atoms with van der Waals surface area (Å²) in [5.74, 6) is 2.53. The van der Waals surface area contributed by atoms with E-state index < -0.39 is 0 Å². The number of anilines is 2. The van der Waals surface area contributed by atoms with Crippen LogP contribution in [0, 0.1) is 11.3 Å². The van der Waals surface area contributed by atoms with Crippen LogP contribution < -0.4 is 10.1 Å². The van der Waals surface area contributed by atoms with Gasteiger partial charge in [-0.1, -0.05) is 20.8 Å². The van der Waals surface area contributed by atoms with Gasteiger partial charge in [-0.2, -0.15) is 0 Å². The van der Waals surface area contributed by atoms with Crippen LogP contribution in [0.4, 0.5) is 11.5 Å². The first-order valence-electron chi connectivity index (χ1n) is 9.71. The normalized spacial score (nSPS) is 17.0. The minimum atomic E-state index is 0.350. The molecule has 0 saturated carbocycles. The average Bonchev–Trinajstić information content (AvgIpc) is 3.01. The Labute approximate surface area is 165 Å². The summed E-state index contributed by atoms with van der Waals surface area (Å²) in [6, 6.07) is 8.04. The van der Waals surface area contributed by atoms with E-state index in [1.54, 1.807) is 6.33 Å². The second-order valence-electron chi connectivity index (χ2n) is 8.29. The second kappa shape index (κ2) is 7.12. The average molecular weight is 382 g/mol. The Bertz CT molecular complexity index is 941. The fourth-order valence-electron chi connectivity index (χ4n) is 3.88. The molecule has 1 atom stereocenters. The molecule has 0 bridgehead atoms. The molecule has 3 aromatic rings. The van der Waals surface area contributed by atoms with Gasteiger partial charge < -0.3 is 10.1 Å². The lowest BCUT2D eigenvalue weighted by Gasteiger charge is -2.33. The molecule has 0 fully saturated rings. The molecule has 5 heteroatoms. The van der Waals surface area contributed by atoms with Crippen molar-refractivity contribution in [3.8, 4) is 5.75 Å². The molecule has 1 aromatic carbocycles. The van der Waals surface area contributed by atoms with E-state index in [1.165, 1.54) is 22.2 Å². The Morgan fingerprint density at radius 1 is 1.19 bits per heavy atom. The first-order valence-corrected chi connectivity index (χ1v) is 10.5. The molecule has 0 saturated heterocycles. The van der Waals surface area contributed by atoms with Crippen LogP contribution in [-0.4, -0.2) is 16.6 Å². The lowest BCUT2D eigenvalue weighted by Crippen LogP contribution is -2.26. The number of thiophene rings is 1. The minimum Gasteiger partial charge on any atom is -0.494 e. The van der Waals surface area contributed by atoms with E-state index in [9.17, 15) is 0 Å². The van der Waals surface area contributed by atoms with Crippen LogP contribution in [0.2, 0.25) is 0 Å². The molecule has 2 aromatic heterocycles. The Balaban J connectivity index is 1.66. The zero-order valence-corrected chi connectivity index (χ0v) is 17.3. The van der Waals surface area contributed by atoms with Gasteiger partial charge in [0.2, 0.25) is 0 Å². The SMILES string of the molecule is CCOc1ccc(Nc2ncnc3sc4c(c23)CCC(C(C)(C)C)C4)cc1. The van der Waals surface area contributed by atoms with Crippen molar-refractivity contribution in [2.24, 2.45) is 11.3 Å². The van der Waals surface area contributed by atoms with E-state index in [1.807, 2.05) is 42.5 Å². The smallest absolute Gasteiger partial charge is 0.142 e. The highest BCUT2D eigenvalue weighted by molar-refractivity contribution is 7.19. The van der Waals surface area contributed by atoms with E-state index in [4.69, 9.17) is 4.74 Å². The summed E-state index contributed by atoms with van der Waals surface area (Å²) < 4.78 is 5.53. The highest BCUT2D eigenvalue weighted by Crippen LogP contribution is 2.44. The zero-order valence-electron chi connectivity index (χ0n) is 16.5. The number of benzene rings is 1. The summed E-state index contributed by atoms with van der Waals surface area (Å²) in [5, 5.41) is 4.70. The van der Waals surface area contributed by atoms with Gasteiger partial charge in [-0.05, 0) is 67.3 Å². The Morgan fingerprint density at radius 3 is 2.67 bits per heavy atom. The molecule has 1 aliphatic carbocycles. The van der Waals surface area contributed by atoms with Crippen LogP contribution in [0.5, 0.6) is 5.75 Å². The van der Waals surface area contributed by atoms with Crippen LogP contribution in [-0.2, 0) is 12.8 Å². The fourth-order valence-corrected chi connectivity index (χ4v) is 5.15. The second-order valence-corrected chi connectivity index (χ2v) is 9.38. The molecule has 4 rings (SSSR count). The van der Waals surface area contributed by atoms with Gasteiger partial charge in [0.1, 0.15) is 22.7 Å². The molecule has 1 unspecified atom stereocenters. The minimum absolute atomic E-state index is 0.350. The highest BCUT2D eigenvalue weighted by Gasteiger charge is 2.31. The van der Waals surface area contributed by atoms with Crippen molar-refractivity contribution >= 4 is 33.1 Å². The number of rotatable bonds is 4. The molecule has 1 aliphatic rings. The van der Waals surface area contributed by atoms with Gasteiger partial charge in [0, 0.05) is 10.6 Å². The molecule has 0 aliphatic heterocycles. The standard InChI is InChI=1S/C22H27N3OS/c1-5-26-16-9-7-15(8-10-16)25-20-19-17-11-6-14(22(2,3)4)12-18(17)27-21(19)24-13-23-20/h7-10,13-14H,5-6,11-12H2,1-4H3,(H,23,24,25). The Hall–Kier alpha value is -2.14. The molecule has 0 amide bonds. The number of nitrogens with one attached hydrogen (secondary N) is 1. The third kappa shape index (κ3) is 3.65. The molecular weight excluding hydrogens is 354 g/mol. The van der Waals surface area contributed by atoms with Crippen LogP contribution in [0.25, 0.3) is 10.2 Å². The molecule has 27 heavy (non-hydrogen) atoms. The first-order chi connectivity index (χ1) is 13.0. The largest absolute Gasteiger partial charge is 0.494 e. The van der Waals surface area contributed by atoms with Crippen molar-refractivity contribution in [2.45, 2.75) is 47.0 Å². The predicted octanol–water partition coefficient (Wildman–Crippen LogP) is 5.98. The van der Waals surface area contributed by atoms with E-state index in [-0.39, 0.29) is 0 Å². The zero-order chi connectivity index (χ0) is 19.0. The Kier molecular flexibility index (Phi) is 4.81. The van der Waals surface area contributed by atoms with E-state index >= 15 is 0 Å². The van der Waals surface area contributed by atoms with Gasteiger partial charge in [-0.25, -0.2) is 9.97 Å². The van der Waals surface area contributed by atoms with Crippen LogP contribution in [0.15, 0.2) is 30.6 Å². The van der Waals surface area contributed by atoms with Crippen molar-refractivity contribution in [3.05, 3.63) is 41.0 Å². The lowest BCUT2D eigenvalue weighted by atomic mass is 9.72. The maximum absolute atomic E-state index is 5.53. The third-order valence-corrected chi connectivity index (χ3v) is 6.66. The summed E-state index contributed by atoms with van der Waals surface area (Å²) in [4.78, 5) is 11.7. The molecule has 4 nitrogen and oxygen atoms in total. The lowest BCUT2D eigenvalue weighted by molar-refractivity contribution is 0.218. The number of hydrogen-bond acceptors (Lipinski definition) is 5. The third-order valence-electron chi connectivity index (χ3n) is 5.50. The highest BCUT2D eigenvalue weighted by atomic mass is 32.1. The van der Waals surface area contributed by atoms with Gasteiger partial charge in [-0.3, -0.25) is 0 Å². The summed E-state index contributed by atoms with van der Waals surface area (Å²) in [5.41, 5.74) is 2.81. The number of hydrogen-bond donors (Lipinski definition) is 1. The number of aryl methyl sites for hydroxylation is 1. The van der Waals surface area contributed by atoms with Crippen molar-refractivity contribution in [1.82, 2.24) is 9.97 Å². The Morgan fingerprint density at radius 2 is 1.96 bits per heavy atom. The predicted molar refractivity (Wildman–Crippen MR) is 113 cm³/mol. The van der Waals surface area contributed by atoms with E-state index in [0.29, 0.717) is 12.0 Å². The van der Waals surface area contributed by atoms with Crippen LogP contribution in [0.1, 0.15) is 44.6 Å². The van der Waals surface area contributed by atoms with Gasteiger partial charge in [-0.15, -0.1) is 11.3 Å². The summed E-state index contributed by atoms with van der Waals surface area (Å²) >= 11 is 1.84. The number of aromatic nitrogens is 2. The first kappa shape index (κ1) is 18.2. The molecular formula is C22H27N3OS. The number of nitrogens with zero attached hydrogens (tertiary/aromatic N) is 2. The quantitative estimate of drug-likeness (QED) is 0.603. The molecule has 1 N–H and O–H groups in total. The van der Waals surface area contributed by atoms with Crippen LogP contribution >= 0.6 is 11.3 Å². The van der Waals surface area contributed by atoms with Gasteiger partial charge in [0.05, 0.1) is 12.0 Å². The fraction of sp³-hybridized carbons (Fsp3) is 0.455. The molecule has 2 heterocycles. The molecule has 0 spiro atoms. The van der Waals surface area contributed by atoms with Crippen molar-refractivity contribution in [1.29, 1.82) is 0 Å².